The topological polar surface area (TPSA) is 72.4 Å². The zero-order valence-corrected chi connectivity index (χ0v) is 15.6. The first-order chi connectivity index (χ1) is 13.0. The summed E-state index contributed by atoms with van der Waals surface area (Å²) in [4.78, 5) is 26.8. The Morgan fingerprint density at radius 3 is 2.78 bits per heavy atom. The lowest BCUT2D eigenvalue weighted by atomic mass is 10.1. The van der Waals surface area contributed by atoms with Gasteiger partial charge in [0.2, 0.25) is 0 Å². The summed E-state index contributed by atoms with van der Waals surface area (Å²) in [6.07, 6.45) is 2.67. The van der Waals surface area contributed by atoms with Gasteiger partial charge in [-0.3, -0.25) is 14.3 Å². The number of hydrogen-bond donors (Lipinski definition) is 1. The number of furan rings is 1. The molecule has 7 heteroatoms. The highest BCUT2D eigenvalue weighted by Gasteiger charge is 2.25. The van der Waals surface area contributed by atoms with Crippen LogP contribution in [0.15, 0.2) is 50.5 Å². The molecule has 1 unspecified atom stereocenters. The van der Waals surface area contributed by atoms with E-state index in [9.17, 15) is 9.59 Å². The molecule has 0 aliphatic carbocycles. The minimum absolute atomic E-state index is 0.237. The molecule has 0 spiro atoms. The molecule has 7 nitrogen and oxygen atoms in total. The first kappa shape index (κ1) is 17.8. The van der Waals surface area contributed by atoms with Crippen LogP contribution in [0.3, 0.4) is 0 Å². The van der Waals surface area contributed by atoms with Gasteiger partial charge in [-0.25, -0.2) is 4.79 Å². The molecular formula is C20H24N4O3. The molecule has 2 aromatic heterocycles. The highest BCUT2D eigenvalue weighted by atomic mass is 16.3. The van der Waals surface area contributed by atoms with E-state index in [-0.39, 0.29) is 11.2 Å². The summed E-state index contributed by atoms with van der Waals surface area (Å²) in [6, 6.07) is 10.3. The van der Waals surface area contributed by atoms with E-state index < -0.39 is 0 Å². The van der Waals surface area contributed by atoms with Gasteiger partial charge in [0.25, 0.3) is 5.56 Å². The second kappa shape index (κ2) is 7.17. The van der Waals surface area contributed by atoms with Gasteiger partial charge in [-0.2, -0.15) is 0 Å². The second-order valence-corrected chi connectivity index (χ2v) is 7.21. The highest BCUT2D eigenvalue weighted by molar-refractivity contribution is 5.77. The van der Waals surface area contributed by atoms with Gasteiger partial charge >= 0.3 is 5.69 Å². The van der Waals surface area contributed by atoms with Crippen molar-refractivity contribution in [3.05, 3.63) is 68.7 Å². The standard InChI is InChI=1S/C20H24N4O3/c1-22-11-15(19(25)23(2)20(22)26)12-24(16-7-8-21-10-16)13-17-9-14-5-3-4-6-18(14)27-17/h3-6,9,11,16,21H,7-8,10,12-13H2,1-2H3. The lowest BCUT2D eigenvalue weighted by molar-refractivity contribution is 0.175. The third kappa shape index (κ3) is 3.48. The van der Waals surface area contributed by atoms with Crippen LogP contribution in [0.1, 0.15) is 17.7 Å². The third-order valence-electron chi connectivity index (χ3n) is 5.28. The number of nitrogens with zero attached hydrogens (tertiary/aromatic N) is 3. The van der Waals surface area contributed by atoms with E-state index in [2.05, 4.69) is 16.3 Å². The third-order valence-corrected chi connectivity index (χ3v) is 5.28. The van der Waals surface area contributed by atoms with Gasteiger partial charge < -0.3 is 14.3 Å². The van der Waals surface area contributed by atoms with Crippen LogP contribution in [-0.2, 0) is 27.2 Å². The molecule has 1 saturated heterocycles. The van der Waals surface area contributed by atoms with Crippen molar-refractivity contribution in [3.8, 4) is 0 Å². The maximum Gasteiger partial charge on any atom is 0.330 e. The molecular weight excluding hydrogens is 344 g/mol. The summed E-state index contributed by atoms with van der Waals surface area (Å²) in [5.74, 6) is 0.879. The fourth-order valence-corrected chi connectivity index (χ4v) is 3.79. The molecule has 0 bridgehead atoms. The molecule has 1 N–H and O–H groups in total. The SMILES string of the molecule is Cn1cc(CN(Cc2cc3ccccc3o2)C2CCNC2)c(=O)n(C)c1=O. The number of aromatic nitrogens is 2. The molecule has 1 aromatic carbocycles. The highest BCUT2D eigenvalue weighted by Crippen LogP contribution is 2.22. The summed E-state index contributed by atoms with van der Waals surface area (Å²) < 4.78 is 8.62. The first-order valence-electron chi connectivity index (χ1n) is 9.20. The van der Waals surface area contributed by atoms with Gasteiger partial charge in [-0.1, -0.05) is 18.2 Å². The molecule has 142 valence electrons. The van der Waals surface area contributed by atoms with Crippen molar-refractivity contribution in [1.82, 2.24) is 19.4 Å². The van der Waals surface area contributed by atoms with E-state index in [0.29, 0.717) is 24.7 Å². The van der Waals surface area contributed by atoms with Crippen LogP contribution < -0.4 is 16.6 Å². The van der Waals surface area contributed by atoms with Crippen LogP contribution in [0.25, 0.3) is 11.0 Å². The second-order valence-electron chi connectivity index (χ2n) is 7.21. The van der Waals surface area contributed by atoms with Gasteiger partial charge in [-0.05, 0) is 25.1 Å². The Morgan fingerprint density at radius 2 is 2.04 bits per heavy atom. The van der Waals surface area contributed by atoms with Crippen molar-refractivity contribution >= 4 is 11.0 Å². The van der Waals surface area contributed by atoms with Crippen molar-refractivity contribution in [1.29, 1.82) is 0 Å². The zero-order valence-electron chi connectivity index (χ0n) is 15.6. The molecule has 1 aliphatic rings. The number of benzene rings is 1. The van der Waals surface area contributed by atoms with Gasteiger partial charge in [0.15, 0.2) is 0 Å². The van der Waals surface area contributed by atoms with Crippen molar-refractivity contribution in [2.45, 2.75) is 25.6 Å². The van der Waals surface area contributed by atoms with Crippen LogP contribution in [0.5, 0.6) is 0 Å². The smallest absolute Gasteiger partial charge is 0.330 e. The van der Waals surface area contributed by atoms with Crippen molar-refractivity contribution < 1.29 is 4.42 Å². The molecule has 0 amide bonds. The lowest BCUT2D eigenvalue weighted by Gasteiger charge is -2.27. The van der Waals surface area contributed by atoms with E-state index in [0.717, 1.165) is 36.2 Å². The first-order valence-corrected chi connectivity index (χ1v) is 9.20. The summed E-state index contributed by atoms with van der Waals surface area (Å²) in [5, 5.41) is 4.47. The summed E-state index contributed by atoms with van der Waals surface area (Å²) >= 11 is 0. The molecule has 1 atom stereocenters. The fourth-order valence-electron chi connectivity index (χ4n) is 3.79. The summed E-state index contributed by atoms with van der Waals surface area (Å²) in [5.41, 5.74) is 0.936. The van der Waals surface area contributed by atoms with Crippen LogP contribution in [0.2, 0.25) is 0 Å². The monoisotopic (exact) mass is 368 g/mol. The van der Waals surface area contributed by atoms with E-state index in [1.165, 1.54) is 16.2 Å². The Balaban J connectivity index is 1.65. The number of rotatable bonds is 5. The largest absolute Gasteiger partial charge is 0.460 e. The molecule has 4 rings (SSSR count). The fraction of sp³-hybridized carbons (Fsp3) is 0.400. The maximum atomic E-state index is 12.6. The number of hydrogen-bond acceptors (Lipinski definition) is 5. The van der Waals surface area contributed by atoms with E-state index in [1.807, 2.05) is 24.3 Å². The number of aryl methyl sites for hydroxylation is 1. The Bertz CT molecular complexity index is 1040. The Kier molecular flexibility index (Phi) is 4.72. The predicted molar refractivity (Wildman–Crippen MR) is 104 cm³/mol. The van der Waals surface area contributed by atoms with Gasteiger partial charge in [0, 0.05) is 50.4 Å². The molecule has 3 heterocycles. The van der Waals surface area contributed by atoms with Crippen LogP contribution in [-0.4, -0.2) is 33.2 Å². The number of fused-ring (bicyclic) bond motifs is 1. The number of nitrogens with one attached hydrogen (secondary N) is 1. The van der Waals surface area contributed by atoms with Gasteiger partial charge in [0.05, 0.1) is 6.54 Å². The zero-order chi connectivity index (χ0) is 19.0. The van der Waals surface area contributed by atoms with Crippen LogP contribution in [0, 0.1) is 0 Å². The quantitative estimate of drug-likeness (QED) is 0.733. The summed E-state index contributed by atoms with van der Waals surface area (Å²) in [7, 11) is 3.20. The summed E-state index contributed by atoms with van der Waals surface area (Å²) in [6.45, 7) is 2.94. The van der Waals surface area contributed by atoms with Crippen molar-refractivity contribution in [2.75, 3.05) is 13.1 Å². The molecule has 27 heavy (non-hydrogen) atoms. The van der Waals surface area contributed by atoms with E-state index in [1.54, 1.807) is 13.2 Å². The molecule has 0 saturated carbocycles. The van der Waals surface area contributed by atoms with Gasteiger partial charge in [-0.15, -0.1) is 0 Å². The van der Waals surface area contributed by atoms with Crippen molar-refractivity contribution in [3.63, 3.8) is 0 Å². The lowest BCUT2D eigenvalue weighted by Crippen LogP contribution is -2.42. The normalized spacial score (nSPS) is 17.2. The Labute approximate surface area is 156 Å². The maximum absolute atomic E-state index is 12.6. The average Bonchev–Trinajstić information content (AvgIpc) is 3.32. The van der Waals surface area contributed by atoms with Gasteiger partial charge in [0.1, 0.15) is 11.3 Å². The van der Waals surface area contributed by atoms with E-state index in [4.69, 9.17) is 4.42 Å². The minimum atomic E-state index is -0.310. The van der Waals surface area contributed by atoms with Crippen LogP contribution >= 0.6 is 0 Å². The Morgan fingerprint density at radius 1 is 1.22 bits per heavy atom. The number of para-hydroxylation sites is 1. The molecule has 1 aliphatic heterocycles. The Hall–Kier alpha value is -2.64. The van der Waals surface area contributed by atoms with Crippen LogP contribution in [0.4, 0.5) is 0 Å². The van der Waals surface area contributed by atoms with Crippen molar-refractivity contribution in [2.24, 2.45) is 14.1 Å². The average molecular weight is 368 g/mol. The molecule has 3 aromatic rings. The predicted octanol–water partition coefficient (Wildman–Crippen LogP) is 1.19. The molecule has 1 fully saturated rings. The minimum Gasteiger partial charge on any atom is -0.460 e. The molecule has 0 radical (unpaired) electrons. The van der Waals surface area contributed by atoms with E-state index >= 15 is 0 Å².